The summed E-state index contributed by atoms with van der Waals surface area (Å²) >= 11 is 2.01. The first-order valence-electron chi connectivity index (χ1n) is 25.3. The smallest absolute Gasteiger partial charge is 0.140 e. The second kappa shape index (κ2) is 14.6. The van der Waals surface area contributed by atoms with Gasteiger partial charge >= 0.3 is 0 Å². The van der Waals surface area contributed by atoms with E-state index in [-0.39, 0.29) is 17.8 Å². The number of fused-ring (bicyclic) bond motifs is 9. The molecule has 8 aromatic carbocycles. The number of aryl methyl sites for hydroxylation is 2. The zero-order valence-corrected chi connectivity index (χ0v) is 40.8. The lowest BCUT2D eigenvalue weighted by Gasteiger charge is -2.54. The van der Waals surface area contributed by atoms with E-state index < -0.39 is 11.0 Å². The van der Waals surface area contributed by atoms with Gasteiger partial charge in [-0.05, 0) is 144 Å². The minimum Gasteiger partial charge on any atom is -0.456 e. The van der Waals surface area contributed by atoms with Gasteiger partial charge in [0.1, 0.15) is 11.5 Å². The number of thiophene rings is 1. The van der Waals surface area contributed by atoms with Crippen LogP contribution in [0.1, 0.15) is 83.9 Å². The lowest BCUT2D eigenvalue weighted by atomic mass is 9.55. The molecule has 1 aromatic heterocycles. The van der Waals surface area contributed by atoms with Crippen LogP contribution in [0, 0.1) is 11.8 Å². The Morgan fingerprint density at radius 1 is 0.557 bits per heavy atom. The number of para-hydroxylation sites is 4. The molecule has 4 bridgehead atoms. The van der Waals surface area contributed by atoms with Crippen LogP contribution in [0.15, 0.2) is 205 Å². The van der Waals surface area contributed by atoms with Crippen LogP contribution >= 0.6 is 11.3 Å². The molecule has 0 radical (unpaired) electrons. The second-order valence-corrected chi connectivity index (χ2v) is 21.8. The maximum atomic E-state index is 7.46. The molecule has 4 aliphatic carbocycles. The van der Waals surface area contributed by atoms with Crippen LogP contribution < -0.4 is 14.5 Å². The molecule has 0 saturated heterocycles. The van der Waals surface area contributed by atoms with E-state index >= 15 is 0 Å². The summed E-state index contributed by atoms with van der Waals surface area (Å²) < 4.78 is 8.79. The topological polar surface area (TPSA) is 15.7 Å². The van der Waals surface area contributed by atoms with E-state index in [1.54, 1.807) is 5.57 Å². The zero-order valence-electron chi connectivity index (χ0n) is 40.0. The molecule has 6 aliphatic rings. The Bertz CT molecular complexity index is 3710. The summed E-state index contributed by atoms with van der Waals surface area (Å²) in [5, 5.41) is 1.32. The molecule has 5 atom stereocenters. The third-order valence-electron chi connectivity index (χ3n) is 17.4. The predicted molar refractivity (Wildman–Crippen MR) is 290 cm³/mol. The molecule has 9 aromatic rings. The van der Waals surface area contributed by atoms with Gasteiger partial charge in [-0.3, -0.25) is 0 Å². The lowest BCUT2D eigenvalue weighted by Crippen LogP contribution is -2.49. The van der Waals surface area contributed by atoms with Crippen LogP contribution in [0.3, 0.4) is 0 Å². The molecule has 2 aliphatic heterocycles. The van der Waals surface area contributed by atoms with Gasteiger partial charge in [0.25, 0.3) is 0 Å². The molecule has 3 nitrogen and oxygen atoms in total. The lowest BCUT2D eigenvalue weighted by molar-refractivity contribution is 0.419. The molecule has 1 spiro atoms. The SMILES string of the molecule is CC1C2=C3C(C)C4=C1C(C)c1sc5ccc(N(c6ccccc6)c6ccccc6)cc5c1C4(C)N(c1ccccc1)c1cc(-c4ccc5c(c4)CCC5)c4c(c1)C3(c1ccccc1O4)c1ccccc12. The Morgan fingerprint density at radius 2 is 1.24 bits per heavy atom. The van der Waals surface area contributed by atoms with E-state index in [9.17, 15) is 0 Å². The average Bonchev–Trinajstić information content (AvgIpc) is 4.12. The summed E-state index contributed by atoms with van der Waals surface area (Å²) in [6.45, 7) is 10.2. The third-order valence-corrected chi connectivity index (χ3v) is 18.7. The Hall–Kier alpha value is -7.40. The van der Waals surface area contributed by atoms with E-state index in [0.29, 0.717) is 0 Å². The molecule has 0 N–H and O–H groups in total. The monoisotopic (exact) mass is 920 g/mol. The summed E-state index contributed by atoms with van der Waals surface area (Å²) in [5.41, 5.74) is 22.7. The third kappa shape index (κ3) is 5.14. The van der Waals surface area contributed by atoms with Gasteiger partial charge in [-0.15, -0.1) is 11.3 Å². The maximum Gasteiger partial charge on any atom is 0.140 e. The van der Waals surface area contributed by atoms with Crippen LogP contribution in [0.2, 0.25) is 0 Å². The van der Waals surface area contributed by atoms with E-state index in [4.69, 9.17) is 4.74 Å². The summed E-state index contributed by atoms with van der Waals surface area (Å²) in [4.78, 5) is 6.66. The van der Waals surface area contributed by atoms with Gasteiger partial charge < -0.3 is 14.5 Å². The van der Waals surface area contributed by atoms with Crippen molar-refractivity contribution in [3.63, 3.8) is 0 Å². The summed E-state index contributed by atoms with van der Waals surface area (Å²) in [6, 6.07) is 71.1. The molecule has 0 saturated carbocycles. The van der Waals surface area contributed by atoms with Gasteiger partial charge in [-0.2, -0.15) is 0 Å². The highest BCUT2D eigenvalue weighted by Crippen LogP contribution is 2.72. The Labute approximate surface area is 414 Å². The van der Waals surface area contributed by atoms with Crippen molar-refractivity contribution >= 4 is 55.4 Å². The molecule has 3 heterocycles. The van der Waals surface area contributed by atoms with Crippen LogP contribution in [-0.2, 0) is 23.8 Å². The molecule has 70 heavy (non-hydrogen) atoms. The molecule has 4 heteroatoms. The molecular weight excluding hydrogens is 869 g/mol. The molecule has 0 fully saturated rings. The largest absolute Gasteiger partial charge is 0.456 e. The first-order chi connectivity index (χ1) is 34.4. The van der Waals surface area contributed by atoms with Crippen LogP contribution in [0.4, 0.5) is 28.4 Å². The Morgan fingerprint density at radius 3 is 2.01 bits per heavy atom. The van der Waals surface area contributed by atoms with Gasteiger partial charge in [-0.25, -0.2) is 0 Å². The fraction of sp³-hybridized carbons (Fsp3) is 0.182. The number of hydrogen-bond acceptors (Lipinski definition) is 4. The Kier molecular flexibility index (Phi) is 8.43. The van der Waals surface area contributed by atoms with Crippen molar-refractivity contribution < 1.29 is 4.74 Å². The van der Waals surface area contributed by atoms with Crippen molar-refractivity contribution in [3.05, 3.63) is 249 Å². The van der Waals surface area contributed by atoms with Crippen LogP contribution in [-0.4, -0.2) is 0 Å². The molecule has 5 unspecified atom stereocenters. The van der Waals surface area contributed by atoms with Gasteiger partial charge in [-0.1, -0.05) is 142 Å². The predicted octanol–water partition coefficient (Wildman–Crippen LogP) is 17.5. The van der Waals surface area contributed by atoms with Gasteiger partial charge in [0.2, 0.25) is 0 Å². The van der Waals surface area contributed by atoms with Crippen molar-refractivity contribution in [2.45, 2.75) is 63.8 Å². The molecular formula is C66H52N2OS. The summed E-state index contributed by atoms with van der Waals surface area (Å²) in [5.74, 6) is 2.37. The van der Waals surface area contributed by atoms with Crippen molar-refractivity contribution in [3.8, 4) is 22.6 Å². The molecule has 15 rings (SSSR count). The highest BCUT2D eigenvalue weighted by atomic mass is 32.1. The molecule has 338 valence electrons. The fourth-order valence-corrected chi connectivity index (χ4v) is 16.2. The van der Waals surface area contributed by atoms with Gasteiger partial charge in [0, 0.05) is 83.4 Å². The number of ether oxygens (including phenoxy) is 1. The van der Waals surface area contributed by atoms with Crippen molar-refractivity contribution in [1.82, 2.24) is 0 Å². The molecule has 0 amide bonds. The van der Waals surface area contributed by atoms with E-state index in [1.165, 1.54) is 94.0 Å². The quantitative estimate of drug-likeness (QED) is 0.160. The average molecular weight is 921 g/mol. The number of anilines is 5. The Balaban J connectivity index is 1.10. The number of benzene rings is 8. The maximum absolute atomic E-state index is 7.46. The van der Waals surface area contributed by atoms with E-state index in [0.717, 1.165) is 47.0 Å². The normalized spacial score (nSPS) is 22.9. The highest BCUT2D eigenvalue weighted by molar-refractivity contribution is 7.19. The summed E-state index contributed by atoms with van der Waals surface area (Å²) in [6.07, 6.45) is 3.47. The standard InChI is InChI=1S/C66H52N2OS/c1-39-58-40(2)64-62(52-36-48(33-34-57(52)70-64)67(45-21-8-5-9-22-45)46-23-10-6-11-24-46)65(4)60(58)41(3)61-59(39)50-27-14-15-28-53(50)66(61)54-29-16-17-30-56(54)69-63-51(44-32-31-42-19-18-20-43(42)35-44)37-49(38-55(63)66)68(65)47-25-12-7-13-26-47/h5-17,21-41H,18-20H2,1-4H3. The van der Waals surface area contributed by atoms with E-state index in [2.05, 4.69) is 226 Å². The first kappa shape index (κ1) is 40.5. The van der Waals surface area contributed by atoms with Crippen molar-refractivity contribution in [2.24, 2.45) is 11.8 Å². The fourth-order valence-electron chi connectivity index (χ4n) is 14.8. The van der Waals surface area contributed by atoms with Crippen molar-refractivity contribution in [1.29, 1.82) is 0 Å². The van der Waals surface area contributed by atoms with E-state index in [1.807, 2.05) is 11.3 Å². The number of allylic oxidation sites excluding steroid dienone is 3. The van der Waals surface area contributed by atoms with Crippen molar-refractivity contribution in [2.75, 3.05) is 9.80 Å². The second-order valence-electron chi connectivity index (χ2n) is 20.7. The van der Waals surface area contributed by atoms with Gasteiger partial charge in [0.05, 0.1) is 11.0 Å². The number of nitrogens with zero attached hydrogens (tertiary/aromatic N) is 2. The number of rotatable bonds is 5. The van der Waals surface area contributed by atoms with Crippen LogP contribution in [0.25, 0.3) is 26.8 Å². The minimum absolute atomic E-state index is 0.0698. The van der Waals surface area contributed by atoms with Crippen LogP contribution in [0.5, 0.6) is 11.5 Å². The zero-order chi connectivity index (χ0) is 46.6. The summed E-state index contributed by atoms with van der Waals surface area (Å²) in [7, 11) is 0. The highest BCUT2D eigenvalue weighted by Gasteiger charge is 2.62. The van der Waals surface area contributed by atoms with Gasteiger partial charge in [0.15, 0.2) is 0 Å². The minimum atomic E-state index is -0.626. The first-order valence-corrected chi connectivity index (χ1v) is 26.2. The number of hydrogen-bond donors (Lipinski definition) is 0.